The summed E-state index contributed by atoms with van der Waals surface area (Å²) in [5.41, 5.74) is 5.90. The molecule has 1 atom stereocenters. The van der Waals surface area contributed by atoms with Crippen molar-refractivity contribution in [2.45, 2.75) is 37.0 Å². The Hall–Kier alpha value is -0.900. The van der Waals surface area contributed by atoms with E-state index in [-0.39, 0.29) is 0 Å². The van der Waals surface area contributed by atoms with E-state index in [1.54, 1.807) is 6.07 Å². The molecule has 2 N–H and O–H groups in total. The molecule has 2 nitrogen and oxygen atoms in total. The van der Waals surface area contributed by atoms with Crippen LogP contribution >= 0.6 is 0 Å². The number of hydrogen-bond donors (Lipinski definition) is 1. The first-order valence-corrected chi connectivity index (χ1v) is 7.41. The first-order chi connectivity index (χ1) is 8.15. The van der Waals surface area contributed by atoms with E-state index in [0.29, 0.717) is 22.3 Å². The molecule has 1 aliphatic carbocycles. The molecule has 0 heterocycles. The first-order valence-electron chi connectivity index (χ1n) is 6.09. The summed E-state index contributed by atoms with van der Waals surface area (Å²) in [6.45, 7) is 0. The number of rotatable bonds is 3. The van der Waals surface area contributed by atoms with Gasteiger partial charge in [0, 0.05) is 16.3 Å². The Morgan fingerprint density at radius 1 is 1.24 bits per heavy atom. The van der Waals surface area contributed by atoms with Gasteiger partial charge in [-0.05, 0) is 37.0 Å². The van der Waals surface area contributed by atoms with Gasteiger partial charge in [0.25, 0.3) is 0 Å². The van der Waals surface area contributed by atoms with E-state index < -0.39 is 16.6 Å². The molecule has 1 unspecified atom stereocenters. The van der Waals surface area contributed by atoms with Crippen molar-refractivity contribution in [1.82, 2.24) is 0 Å². The molecule has 17 heavy (non-hydrogen) atoms. The van der Waals surface area contributed by atoms with E-state index in [2.05, 4.69) is 0 Å². The van der Waals surface area contributed by atoms with E-state index in [0.717, 1.165) is 12.8 Å². The molecule has 0 radical (unpaired) electrons. The summed E-state index contributed by atoms with van der Waals surface area (Å²) < 4.78 is 25.3. The summed E-state index contributed by atoms with van der Waals surface area (Å²) in [7, 11) is -1.12. The molecular formula is C13H18FNOS. The Morgan fingerprint density at radius 2 is 1.94 bits per heavy atom. The van der Waals surface area contributed by atoms with Gasteiger partial charge in [0.15, 0.2) is 0 Å². The fourth-order valence-electron chi connectivity index (χ4n) is 2.38. The second kappa shape index (κ2) is 5.63. The lowest BCUT2D eigenvalue weighted by molar-refractivity contribution is 0.388. The predicted octanol–water partition coefficient (Wildman–Crippen LogP) is 3.10. The molecule has 1 saturated carbocycles. The lowest BCUT2D eigenvalue weighted by Gasteiger charge is -2.20. The van der Waals surface area contributed by atoms with Crippen molar-refractivity contribution < 1.29 is 8.60 Å². The minimum absolute atomic E-state index is 0.344. The van der Waals surface area contributed by atoms with Crippen LogP contribution in [0.1, 0.15) is 32.1 Å². The van der Waals surface area contributed by atoms with Crippen LogP contribution in [0.3, 0.4) is 0 Å². The molecule has 4 heteroatoms. The average Bonchev–Trinajstić information content (AvgIpc) is 2.29. The second-order valence-electron chi connectivity index (χ2n) is 4.74. The molecule has 1 aromatic carbocycles. The lowest BCUT2D eigenvalue weighted by Crippen LogP contribution is -2.15. The highest BCUT2D eigenvalue weighted by atomic mass is 32.2. The van der Waals surface area contributed by atoms with Crippen molar-refractivity contribution in [2.24, 2.45) is 5.92 Å². The topological polar surface area (TPSA) is 43.1 Å². The largest absolute Gasteiger partial charge is 0.399 e. The zero-order chi connectivity index (χ0) is 12.3. The Morgan fingerprint density at radius 3 is 2.59 bits per heavy atom. The molecule has 0 saturated heterocycles. The van der Waals surface area contributed by atoms with E-state index in [1.807, 2.05) is 0 Å². The summed E-state index contributed by atoms with van der Waals surface area (Å²) in [4.78, 5) is 0.521. The predicted molar refractivity (Wildman–Crippen MR) is 68.7 cm³/mol. The normalized spacial score (nSPS) is 19.1. The van der Waals surface area contributed by atoms with Gasteiger partial charge in [-0.15, -0.1) is 0 Å². The summed E-state index contributed by atoms with van der Waals surface area (Å²) in [5.74, 6) is 0.758. The van der Waals surface area contributed by atoms with Crippen molar-refractivity contribution in [3.05, 3.63) is 24.0 Å². The summed E-state index contributed by atoms with van der Waals surface area (Å²) >= 11 is 0. The zero-order valence-corrected chi connectivity index (χ0v) is 10.6. The van der Waals surface area contributed by atoms with Crippen LogP contribution in [0.2, 0.25) is 0 Å². The Kier molecular flexibility index (Phi) is 4.15. The summed E-state index contributed by atoms with van der Waals surface area (Å²) in [6, 6.07) is 4.19. The number of anilines is 1. The molecule has 1 fully saturated rings. The molecule has 1 aromatic rings. The van der Waals surface area contributed by atoms with Crippen LogP contribution in [-0.4, -0.2) is 9.96 Å². The van der Waals surface area contributed by atoms with Crippen LogP contribution in [-0.2, 0) is 10.8 Å². The van der Waals surface area contributed by atoms with Gasteiger partial charge in [0.05, 0.1) is 10.8 Å². The maximum Gasteiger partial charge on any atom is 0.126 e. The van der Waals surface area contributed by atoms with Gasteiger partial charge in [0.1, 0.15) is 5.82 Å². The van der Waals surface area contributed by atoms with Gasteiger partial charge in [-0.3, -0.25) is 4.21 Å². The minimum atomic E-state index is -1.12. The Labute approximate surface area is 104 Å². The standard InChI is InChI=1S/C13H18FNOS/c14-11-6-12(15)8-13(7-11)17(16)9-10-4-2-1-3-5-10/h6-8,10H,1-5,9,15H2. The number of benzene rings is 1. The Balaban J connectivity index is 2.03. The molecule has 0 aromatic heterocycles. The smallest absolute Gasteiger partial charge is 0.126 e. The third kappa shape index (κ3) is 3.53. The molecule has 1 aliphatic rings. The first kappa shape index (κ1) is 12.6. The lowest BCUT2D eigenvalue weighted by atomic mass is 9.91. The van der Waals surface area contributed by atoms with Crippen molar-refractivity contribution in [2.75, 3.05) is 11.5 Å². The van der Waals surface area contributed by atoms with Crippen molar-refractivity contribution >= 4 is 16.5 Å². The average molecular weight is 255 g/mol. The third-order valence-corrected chi connectivity index (χ3v) is 4.80. The number of nitrogen functional groups attached to an aromatic ring is 1. The number of nitrogens with two attached hydrogens (primary N) is 1. The third-order valence-electron chi connectivity index (χ3n) is 3.27. The molecule has 0 bridgehead atoms. The summed E-state index contributed by atoms with van der Waals surface area (Å²) in [5, 5.41) is 0. The fourth-order valence-corrected chi connectivity index (χ4v) is 3.85. The van der Waals surface area contributed by atoms with Crippen LogP contribution < -0.4 is 5.73 Å². The van der Waals surface area contributed by atoms with Crippen molar-refractivity contribution in [3.8, 4) is 0 Å². The highest BCUT2D eigenvalue weighted by Gasteiger charge is 2.17. The zero-order valence-electron chi connectivity index (χ0n) is 9.82. The van der Waals surface area contributed by atoms with E-state index in [4.69, 9.17) is 5.73 Å². The van der Waals surface area contributed by atoms with Gasteiger partial charge >= 0.3 is 0 Å². The minimum Gasteiger partial charge on any atom is -0.399 e. The monoisotopic (exact) mass is 255 g/mol. The Bertz CT molecular complexity index is 396. The molecule has 0 spiro atoms. The molecule has 0 amide bonds. The molecule has 2 rings (SSSR count). The maximum absolute atomic E-state index is 13.2. The van der Waals surface area contributed by atoms with Gasteiger partial charge in [-0.1, -0.05) is 19.3 Å². The van der Waals surface area contributed by atoms with Gasteiger partial charge in [-0.2, -0.15) is 0 Å². The highest BCUT2D eigenvalue weighted by Crippen LogP contribution is 2.26. The van der Waals surface area contributed by atoms with Crippen molar-refractivity contribution in [3.63, 3.8) is 0 Å². The molecule has 0 aliphatic heterocycles. The molecular weight excluding hydrogens is 237 g/mol. The number of hydrogen-bond acceptors (Lipinski definition) is 2. The van der Waals surface area contributed by atoms with Gasteiger partial charge < -0.3 is 5.73 Å². The maximum atomic E-state index is 13.2. The van der Waals surface area contributed by atoms with Crippen LogP contribution in [0.4, 0.5) is 10.1 Å². The number of halogens is 1. The van der Waals surface area contributed by atoms with Crippen LogP contribution in [0.5, 0.6) is 0 Å². The van der Waals surface area contributed by atoms with Crippen LogP contribution in [0, 0.1) is 11.7 Å². The van der Waals surface area contributed by atoms with Crippen LogP contribution in [0.15, 0.2) is 23.1 Å². The van der Waals surface area contributed by atoms with E-state index in [9.17, 15) is 8.60 Å². The van der Waals surface area contributed by atoms with Gasteiger partial charge in [0.2, 0.25) is 0 Å². The highest BCUT2D eigenvalue weighted by molar-refractivity contribution is 7.85. The van der Waals surface area contributed by atoms with Crippen LogP contribution in [0.25, 0.3) is 0 Å². The fraction of sp³-hybridized carbons (Fsp3) is 0.538. The van der Waals surface area contributed by atoms with Gasteiger partial charge in [-0.25, -0.2) is 4.39 Å². The van der Waals surface area contributed by atoms with E-state index >= 15 is 0 Å². The quantitative estimate of drug-likeness (QED) is 0.843. The summed E-state index contributed by atoms with van der Waals surface area (Å²) in [6.07, 6.45) is 6.05. The SMILES string of the molecule is Nc1cc(F)cc(S(=O)CC2CCCCC2)c1. The molecule has 94 valence electrons. The van der Waals surface area contributed by atoms with E-state index in [1.165, 1.54) is 31.4 Å². The van der Waals surface area contributed by atoms with Crippen molar-refractivity contribution in [1.29, 1.82) is 0 Å². The second-order valence-corrected chi connectivity index (χ2v) is 6.23.